The van der Waals surface area contributed by atoms with Gasteiger partial charge in [0, 0.05) is 6.42 Å². The van der Waals surface area contributed by atoms with Crippen molar-refractivity contribution in [3.63, 3.8) is 0 Å². The molecule has 1 atom stereocenters. The van der Waals surface area contributed by atoms with Gasteiger partial charge in [-0.05, 0) is 52.7 Å². The van der Waals surface area contributed by atoms with E-state index in [1.54, 1.807) is 12.2 Å². The zero-order valence-electron chi connectivity index (χ0n) is 9.47. The molecule has 0 saturated carbocycles. The molecule has 1 N–H and O–H groups in total. The fourth-order valence-electron chi connectivity index (χ4n) is 1.60. The van der Waals surface area contributed by atoms with E-state index in [4.69, 9.17) is 0 Å². The second kappa shape index (κ2) is 4.94. The van der Waals surface area contributed by atoms with E-state index in [-0.39, 0.29) is 0 Å². The molecule has 0 amide bonds. The number of nitrogens with zero attached hydrogens (tertiary/aromatic N) is 2. The van der Waals surface area contributed by atoms with E-state index >= 15 is 0 Å². The molecule has 88 valence electrons. The van der Waals surface area contributed by atoms with E-state index < -0.39 is 4.51 Å². The van der Waals surface area contributed by atoms with Gasteiger partial charge in [-0.2, -0.15) is 10.2 Å². The molecule has 3 nitrogen and oxygen atoms in total. The van der Waals surface area contributed by atoms with Gasteiger partial charge in [-0.3, -0.25) is 0 Å². The maximum Gasteiger partial charge on any atom is 0.142 e. The maximum atomic E-state index is 9.77. The van der Waals surface area contributed by atoms with Crippen LogP contribution in [0, 0.1) is 0 Å². The molecule has 1 aliphatic rings. The molecule has 0 fully saturated rings. The highest BCUT2D eigenvalue weighted by Crippen LogP contribution is 2.32. The van der Waals surface area contributed by atoms with Crippen LogP contribution in [0.25, 0.3) is 0 Å². The predicted molar refractivity (Wildman–Crippen MR) is 71.3 cm³/mol. The first-order valence-corrected chi connectivity index (χ1v) is 6.13. The summed E-state index contributed by atoms with van der Waals surface area (Å²) < 4.78 is -0.942. The zero-order chi connectivity index (χ0) is 12.3. The molecular formula is C13H13BrN2O. The van der Waals surface area contributed by atoms with Crippen LogP contribution in [0.3, 0.4) is 0 Å². The number of hydrogen-bond acceptors (Lipinski definition) is 3. The quantitative estimate of drug-likeness (QED) is 0.648. The van der Waals surface area contributed by atoms with Crippen LogP contribution in [0.15, 0.2) is 64.0 Å². The van der Waals surface area contributed by atoms with Gasteiger partial charge < -0.3 is 5.11 Å². The molecule has 2 rings (SSSR count). The molecule has 0 heterocycles. The molecule has 1 aromatic carbocycles. The van der Waals surface area contributed by atoms with Gasteiger partial charge in [-0.1, -0.05) is 18.2 Å². The van der Waals surface area contributed by atoms with E-state index in [1.807, 2.05) is 37.3 Å². The van der Waals surface area contributed by atoms with Gasteiger partial charge in [0.15, 0.2) is 0 Å². The summed E-state index contributed by atoms with van der Waals surface area (Å²) in [6, 6.07) is 9.57. The number of benzene rings is 1. The van der Waals surface area contributed by atoms with Crippen LogP contribution in [-0.4, -0.2) is 9.62 Å². The van der Waals surface area contributed by atoms with E-state index in [1.165, 1.54) is 0 Å². The average Bonchev–Trinajstić information content (AvgIpc) is 2.28. The number of allylic oxidation sites excluding steroid dienone is 1. The van der Waals surface area contributed by atoms with Crippen LogP contribution < -0.4 is 0 Å². The average molecular weight is 293 g/mol. The lowest BCUT2D eigenvalue weighted by Gasteiger charge is -2.21. The summed E-state index contributed by atoms with van der Waals surface area (Å²) >= 11 is 3.22. The smallest absolute Gasteiger partial charge is 0.142 e. The van der Waals surface area contributed by atoms with E-state index in [9.17, 15) is 5.11 Å². The molecule has 17 heavy (non-hydrogen) atoms. The first-order valence-electron chi connectivity index (χ1n) is 5.34. The van der Waals surface area contributed by atoms with Crippen LogP contribution >= 0.6 is 15.9 Å². The summed E-state index contributed by atoms with van der Waals surface area (Å²) in [5, 5.41) is 18.1. The fraction of sp³-hybridized carbons (Fsp3) is 0.231. The minimum atomic E-state index is -0.942. The standard InChI is InChI=1S/C13H13BrN2O/c1-10-9-13(14,17)8-7-12(10)16-15-11-5-3-2-4-6-11/h2-8,17H,9H2,1H3. The van der Waals surface area contributed by atoms with Crippen molar-refractivity contribution in [2.24, 2.45) is 10.2 Å². The Kier molecular flexibility index (Phi) is 3.54. The Hall–Kier alpha value is -1.26. The second-order valence-electron chi connectivity index (χ2n) is 4.03. The molecule has 1 unspecified atom stereocenters. The van der Waals surface area contributed by atoms with Crippen molar-refractivity contribution in [2.45, 2.75) is 17.9 Å². The van der Waals surface area contributed by atoms with Gasteiger partial charge in [0.25, 0.3) is 0 Å². The third-order valence-electron chi connectivity index (χ3n) is 2.48. The lowest BCUT2D eigenvalue weighted by molar-refractivity contribution is 0.193. The molecule has 0 aromatic heterocycles. The Morgan fingerprint density at radius 3 is 2.59 bits per heavy atom. The van der Waals surface area contributed by atoms with Crippen LogP contribution in [0.4, 0.5) is 5.69 Å². The molecule has 0 spiro atoms. The third-order valence-corrected chi connectivity index (χ3v) is 3.02. The lowest BCUT2D eigenvalue weighted by Crippen LogP contribution is -2.19. The summed E-state index contributed by atoms with van der Waals surface area (Å²) in [7, 11) is 0. The summed E-state index contributed by atoms with van der Waals surface area (Å²) in [5.74, 6) is 0. The summed E-state index contributed by atoms with van der Waals surface area (Å²) in [5.41, 5.74) is 2.63. The van der Waals surface area contributed by atoms with Crippen LogP contribution in [0.2, 0.25) is 0 Å². The van der Waals surface area contributed by atoms with Gasteiger partial charge >= 0.3 is 0 Å². The molecule has 0 saturated heterocycles. The summed E-state index contributed by atoms with van der Waals surface area (Å²) in [6.45, 7) is 1.94. The lowest BCUT2D eigenvalue weighted by atomic mass is 10.0. The maximum absolute atomic E-state index is 9.77. The number of rotatable bonds is 2. The van der Waals surface area contributed by atoms with Crippen LogP contribution in [-0.2, 0) is 0 Å². The van der Waals surface area contributed by atoms with Crippen molar-refractivity contribution < 1.29 is 5.11 Å². The molecule has 0 bridgehead atoms. The van der Waals surface area contributed by atoms with Crippen molar-refractivity contribution in [3.8, 4) is 0 Å². The highest BCUT2D eigenvalue weighted by atomic mass is 79.9. The SMILES string of the molecule is CC1=C(N=Nc2ccccc2)C=CC(O)(Br)C1. The highest BCUT2D eigenvalue weighted by molar-refractivity contribution is 9.10. The number of azo groups is 1. The van der Waals surface area contributed by atoms with Crippen molar-refractivity contribution in [1.29, 1.82) is 0 Å². The monoisotopic (exact) mass is 292 g/mol. The Labute approximate surface area is 109 Å². The van der Waals surface area contributed by atoms with Gasteiger partial charge in [-0.15, -0.1) is 0 Å². The van der Waals surface area contributed by atoms with Gasteiger partial charge in [0.05, 0.1) is 11.4 Å². The van der Waals surface area contributed by atoms with Crippen molar-refractivity contribution >= 4 is 21.6 Å². The summed E-state index contributed by atoms with van der Waals surface area (Å²) in [4.78, 5) is 0. The van der Waals surface area contributed by atoms with Crippen molar-refractivity contribution in [3.05, 3.63) is 53.8 Å². The largest absolute Gasteiger partial charge is 0.375 e. The summed E-state index contributed by atoms with van der Waals surface area (Å²) in [6.07, 6.45) is 3.98. The van der Waals surface area contributed by atoms with Crippen molar-refractivity contribution in [2.75, 3.05) is 0 Å². The van der Waals surface area contributed by atoms with Crippen molar-refractivity contribution in [1.82, 2.24) is 0 Å². The number of alkyl halides is 1. The first-order chi connectivity index (χ1) is 8.07. The van der Waals surface area contributed by atoms with Crippen LogP contribution in [0.1, 0.15) is 13.3 Å². The Balaban J connectivity index is 2.16. The Morgan fingerprint density at radius 2 is 1.94 bits per heavy atom. The minimum Gasteiger partial charge on any atom is -0.375 e. The van der Waals surface area contributed by atoms with E-state index in [0.717, 1.165) is 17.0 Å². The van der Waals surface area contributed by atoms with E-state index in [2.05, 4.69) is 26.2 Å². The van der Waals surface area contributed by atoms with Crippen LogP contribution in [0.5, 0.6) is 0 Å². The molecule has 0 radical (unpaired) electrons. The Morgan fingerprint density at radius 1 is 1.24 bits per heavy atom. The highest BCUT2D eigenvalue weighted by Gasteiger charge is 2.24. The number of aliphatic hydroxyl groups is 1. The third kappa shape index (κ3) is 3.35. The molecule has 1 aliphatic carbocycles. The van der Waals surface area contributed by atoms with Gasteiger partial charge in [0.2, 0.25) is 0 Å². The number of hydrogen-bond donors (Lipinski definition) is 1. The Bertz CT molecular complexity index is 489. The number of halogens is 1. The molecule has 4 heteroatoms. The van der Waals surface area contributed by atoms with Gasteiger partial charge in [-0.25, -0.2) is 0 Å². The molecular weight excluding hydrogens is 280 g/mol. The zero-order valence-corrected chi connectivity index (χ0v) is 11.1. The fourth-order valence-corrected chi connectivity index (χ4v) is 2.15. The predicted octanol–water partition coefficient (Wildman–Crippen LogP) is 4.09. The second-order valence-corrected chi connectivity index (χ2v) is 5.40. The molecule has 0 aliphatic heterocycles. The first kappa shape index (κ1) is 12.2. The molecule has 1 aromatic rings. The normalized spacial score (nSPS) is 24.6. The minimum absolute atomic E-state index is 0.520. The van der Waals surface area contributed by atoms with E-state index in [0.29, 0.717) is 6.42 Å². The van der Waals surface area contributed by atoms with Gasteiger partial charge in [0.1, 0.15) is 4.51 Å². The topological polar surface area (TPSA) is 45.0 Å².